The molecule has 1 aliphatic rings. The van der Waals surface area contributed by atoms with Crippen molar-refractivity contribution in [1.82, 2.24) is 16.0 Å². The Morgan fingerprint density at radius 2 is 2.18 bits per heavy atom. The highest BCUT2D eigenvalue weighted by Crippen LogP contribution is 2.33. The van der Waals surface area contributed by atoms with E-state index >= 15 is 0 Å². The van der Waals surface area contributed by atoms with Crippen molar-refractivity contribution in [3.63, 3.8) is 0 Å². The number of amides is 1. The van der Waals surface area contributed by atoms with E-state index in [9.17, 15) is 4.79 Å². The lowest BCUT2D eigenvalue weighted by atomic mass is 10.2. The van der Waals surface area contributed by atoms with Crippen LogP contribution in [0.5, 0.6) is 0 Å². The first kappa shape index (κ1) is 24.3. The zero-order valence-corrected chi connectivity index (χ0v) is 19.3. The number of nitrogens with one attached hydrogen (secondary N) is 3. The number of hydrogen-bond acceptors (Lipinski definition) is 4. The molecule has 7 nitrogen and oxygen atoms in total. The smallest absolute Gasteiger partial charge is 0.407 e. The lowest BCUT2D eigenvalue weighted by Gasteiger charge is -2.23. The molecule has 1 amide bonds. The van der Waals surface area contributed by atoms with Crippen LogP contribution in [0.1, 0.15) is 39.4 Å². The van der Waals surface area contributed by atoms with Gasteiger partial charge in [0.05, 0.1) is 18.8 Å². The molecule has 2 rings (SSSR count). The van der Waals surface area contributed by atoms with Crippen LogP contribution < -0.4 is 16.0 Å². The van der Waals surface area contributed by atoms with Crippen molar-refractivity contribution in [2.45, 2.75) is 51.7 Å². The molecule has 158 valence electrons. The van der Waals surface area contributed by atoms with E-state index in [0.717, 1.165) is 25.0 Å². The van der Waals surface area contributed by atoms with E-state index in [4.69, 9.17) is 9.15 Å². The summed E-state index contributed by atoms with van der Waals surface area (Å²) in [6, 6.07) is 3.80. The highest BCUT2D eigenvalue weighted by atomic mass is 127. The number of carbonyl (C=O) groups excluding carboxylic acids is 1. The molecule has 28 heavy (non-hydrogen) atoms. The summed E-state index contributed by atoms with van der Waals surface area (Å²) in [6.07, 6.45) is 6.05. The molecule has 1 saturated carbocycles. The number of halogens is 1. The molecular weight excluding hydrogens is 471 g/mol. The summed E-state index contributed by atoms with van der Waals surface area (Å²) in [6.45, 7) is 11.1. The van der Waals surface area contributed by atoms with Crippen molar-refractivity contribution in [2.75, 3.05) is 19.6 Å². The number of carbonyl (C=O) groups is 1. The summed E-state index contributed by atoms with van der Waals surface area (Å²) >= 11 is 0. The number of furan rings is 1. The predicted molar refractivity (Wildman–Crippen MR) is 122 cm³/mol. The molecule has 1 aliphatic carbocycles. The van der Waals surface area contributed by atoms with Crippen LogP contribution in [-0.2, 0) is 11.2 Å². The van der Waals surface area contributed by atoms with Crippen molar-refractivity contribution >= 4 is 36.0 Å². The van der Waals surface area contributed by atoms with Gasteiger partial charge in [0.2, 0.25) is 0 Å². The third-order valence-corrected chi connectivity index (χ3v) is 4.00. The molecule has 0 aromatic carbocycles. The molecule has 3 N–H and O–H groups in total. The third kappa shape index (κ3) is 10.0. The van der Waals surface area contributed by atoms with Crippen LogP contribution >= 0.6 is 24.0 Å². The van der Waals surface area contributed by atoms with Crippen LogP contribution in [0.3, 0.4) is 0 Å². The van der Waals surface area contributed by atoms with Gasteiger partial charge < -0.3 is 25.1 Å². The van der Waals surface area contributed by atoms with E-state index in [0.29, 0.717) is 31.5 Å². The fourth-order valence-corrected chi connectivity index (χ4v) is 2.56. The highest BCUT2D eigenvalue weighted by molar-refractivity contribution is 14.0. The van der Waals surface area contributed by atoms with Crippen LogP contribution in [0.25, 0.3) is 0 Å². The fourth-order valence-electron chi connectivity index (χ4n) is 2.56. The number of aliphatic imine (C=N–C) groups is 1. The van der Waals surface area contributed by atoms with Crippen molar-refractivity contribution in [3.05, 3.63) is 36.8 Å². The number of guanidine groups is 1. The molecule has 0 bridgehead atoms. The lowest BCUT2D eigenvalue weighted by molar-refractivity contribution is 0.0500. The monoisotopic (exact) mass is 504 g/mol. The molecule has 8 heteroatoms. The van der Waals surface area contributed by atoms with Crippen LogP contribution in [0.15, 0.2) is 40.5 Å². The van der Waals surface area contributed by atoms with E-state index in [1.54, 1.807) is 12.3 Å². The van der Waals surface area contributed by atoms with Gasteiger partial charge in [-0.05, 0) is 51.7 Å². The average Bonchev–Trinajstić information content (AvgIpc) is 3.30. The Bertz CT molecular complexity index is 622. The third-order valence-electron chi connectivity index (χ3n) is 4.00. The van der Waals surface area contributed by atoms with Crippen LogP contribution in [0.4, 0.5) is 4.79 Å². The molecule has 1 unspecified atom stereocenters. The van der Waals surface area contributed by atoms with E-state index in [1.165, 1.54) is 0 Å². The molecule has 1 aromatic heterocycles. The summed E-state index contributed by atoms with van der Waals surface area (Å²) < 4.78 is 10.7. The molecule has 1 aromatic rings. The molecule has 1 fully saturated rings. The number of ether oxygens (including phenoxy) is 1. The minimum absolute atomic E-state index is 0. The van der Waals surface area contributed by atoms with Gasteiger partial charge in [0.25, 0.3) is 0 Å². The number of nitrogens with zero attached hydrogens (tertiary/aromatic N) is 1. The van der Waals surface area contributed by atoms with Crippen molar-refractivity contribution in [2.24, 2.45) is 10.9 Å². The Balaban J connectivity index is 0.00000392. The summed E-state index contributed by atoms with van der Waals surface area (Å²) in [5, 5.41) is 9.45. The van der Waals surface area contributed by atoms with Gasteiger partial charge in [0.1, 0.15) is 11.4 Å². The lowest BCUT2D eigenvalue weighted by Crippen LogP contribution is -2.44. The Labute approximate surface area is 184 Å². The van der Waals surface area contributed by atoms with Crippen LogP contribution in [-0.4, -0.2) is 43.3 Å². The Morgan fingerprint density at radius 3 is 2.75 bits per heavy atom. The first-order chi connectivity index (χ1) is 12.9. The van der Waals surface area contributed by atoms with Gasteiger partial charge >= 0.3 is 6.09 Å². The number of rotatable bonds is 9. The second kappa shape index (κ2) is 12.0. The maximum atomic E-state index is 12.1. The van der Waals surface area contributed by atoms with Gasteiger partial charge in [-0.1, -0.05) is 6.08 Å². The molecule has 1 atom stereocenters. The van der Waals surface area contributed by atoms with Crippen LogP contribution in [0.2, 0.25) is 0 Å². The van der Waals surface area contributed by atoms with E-state index < -0.39 is 5.60 Å². The molecule has 0 spiro atoms. The normalized spacial score (nSPS) is 15.2. The molecule has 0 aliphatic heterocycles. The minimum atomic E-state index is -0.508. The van der Waals surface area contributed by atoms with E-state index in [-0.39, 0.29) is 36.1 Å². The molecule has 0 saturated heterocycles. The summed E-state index contributed by atoms with van der Waals surface area (Å²) in [5.41, 5.74) is -0.508. The average molecular weight is 504 g/mol. The van der Waals surface area contributed by atoms with Crippen LogP contribution in [0, 0.1) is 5.92 Å². The largest absolute Gasteiger partial charge is 0.469 e. The van der Waals surface area contributed by atoms with Crippen molar-refractivity contribution < 1.29 is 13.9 Å². The summed E-state index contributed by atoms with van der Waals surface area (Å²) in [4.78, 5) is 16.7. The second-order valence-corrected chi connectivity index (χ2v) is 7.71. The molecule has 1 heterocycles. The standard InChI is InChI=1S/C20H32N4O3.HI/c1-5-11-21-18(22-12-10-16-7-6-13-26-16)23-14-17(15-8-9-15)24-19(25)27-20(2,3)4;/h5-7,13,15,17H,1,8-12,14H2,2-4H3,(H,24,25)(H2,21,22,23);1H. The van der Waals surface area contributed by atoms with Gasteiger partial charge in [-0.2, -0.15) is 0 Å². The van der Waals surface area contributed by atoms with Gasteiger partial charge in [0.15, 0.2) is 5.96 Å². The topological polar surface area (TPSA) is 87.9 Å². The quantitative estimate of drug-likeness (QED) is 0.208. The minimum Gasteiger partial charge on any atom is -0.469 e. The first-order valence-corrected chi connectivity index (χ1v) is 9.52. The van der Waals surface area contributed by atoms with E-state index in [1.807, 2.05) is 32.9 Å². The van der Waals surface area contributed by atoms with Gasteiger partial charge in [-0.15, -0.1) is 30.6 Å². The van der Waals surface area contributed by atoms with Crippen molar-refractivity contribution in [3.8, 4) is 0 Å². The number of alkyl carbamates (subject to hydrolysis) is 1. The highest BCUT2D eigenvalue weighted by Gasteiger charge is 2.33. The fraction of sp³-hybridized carbons (Fsp3) is 0.600. The SMILES string of the molecule is C=CCNC(=NCC(NC(=O)OC(C)(C)C)C1CC1)NCCc1ccco1.I. The first-order valence-electron chi connectivity index (χ1n) is 9.52. The maximum absolute atomic E-state index is 12.1. The predicted octanol–water partition coefficient (Wildman–Crippen LogP) is 3.46. The molecule has 0 radical (unpaired) electrons. The van der Waals surface area contributed by atoms with Gasteiger partial charge in [-0.25, -0.2) is 4.79 Å². The van der Waals surface area contributed by atoms with Crippen molar-refractivity contribution in [1.29, 1.82) is 0 Å². The summed E-state index contributed by atoms with van der Waals surface area (Å²) in [5.74, 6) is 2.08. The zero-order chi connectivity index (χ0) is 19.7. The second-order valence-electron chi connectivity index (χ2n) is 7.71. The summed E-state index contributed by atoms with van der Waals surface area (Å²) in [7, 11) is 0. The Hall–Kier alpha value is -1.71. The maximum Gasteiger partial charge on any atom is 0.407 e. The van der Waals surface area contributed by atoms with Gasteiger partial charge in [-0.3, -0.25) is 4.99 Å². The Morgan fingerprint density at radius 1 is 1.43 bits per heavy atom. The van der Waals surface area contributed by atoms with Gasteiger partial charge in [0, 0.05) is 19.5 Å². The van der Waals surface area contributed by atoms with E-state index in [2.05, 4.69) is 27.5 Å². The number of hydrogen-bond donors (Lipinski definition) is 3. The zero-order valence-electron chi connectivity index (χ0n) is 17.0. The molecular formula is C20H33IN4O3. The Kier molecular flexibility index (Phi) is 10.4.